The zero-order chi connectivity index (χ0) is 21.4. The average Bonchev–Trinajstić information content (AvgIpc) is 3.44. The molecule has 0 spiro atoms. The number of anilines is 1. The third kappa shape index (κ3) is 3.90. The van der Waals surface area contributed by atoms with E-state index in [9.17, 15) is 12.8 Å². The van der Waals surface area contributed by atoms with Crippen LogP contribution in [0.4, 0.5) is 10.1 Å². The molecule has 1 aliphatic rings. The van der Waals surface area contributed by atoms with Gasteiger partial charge in [0.25, 0.3) is 10.0 Å². The smallest absolute Gasteiger partial charge is 0.261 e. The maximum absolute atomic E-state index is 13.1. The number of nitrogens with zero attached hydrogens (tertiary/aromatic N) is 2. The third-order valence-corrected chi connectivity index (χ3v) is 7.17. The molecule has 5 rings (SSSR count). The molecule has 8 heteroatoms. The second-order valence-corrected chi connectivity index (χ2v) is 9.51. The molecule has 0 aliphatic heterocycles. The normalized spacial score (nSPS) is 14.9. The molecule has 0 atom stereocenters. The monoisotopic (exact) mass is 436 g/mol. The van der Waals surface area contributed by atoms with Crippen LogP contribution in [-0.4, -0.2) is 23.4 Å². The van der Waals surface area contributed by atoms with Crippen LogP contribution in [0, 0.1) is 5.82 Å². The summed E-state index contributed by atoms with van der Waals surface area (Å²) in [5, 5.41) is 0.962. The Morgan fingerprint density at radius 1 is 0.968 bits per heavy atom. The fourth-order valence-corrected chi connectivity index (χ4v) is 5.23. The highest BCUT2D eigenvalue weighted by Crippen LogP contribution is 2.36. The molecule has 0 radical (unpaired) electrons. The molecule has 4 aromatic rings. The number of rotatable bonds is 5. The first-order chi connectivity index (χ1) is 15.0. The summed E-state index contributed by atoms with van der Waals surface area (Å²) in [6, 6.07) is 13.9. The fourth-order valence-electron chi connectivity index (χ4n) is 4.17. The number of fused-ring (bicyclic) bond motifs is 1. The highest BCUT2D eigenvalue weighted by atomic mass is 32.2. The van der Waals surface area contributed by atoms with Crippen LogP contribution >= 0.6 is 0 Å². The zero-order valence-electron chi connectivity index (χ0n) is 16.7. The molecule has 0 saturated heterocycles. The SMILES string of the molecule is O=S(=O)(Nc1ccc(-c2ncnc3[nH]c(C4CCCC4)cc23)cc1)c1ccc(F)cc1. The maximum atomic E-state index is 13.1. The average molecular weight is 437 g/mol. The van der Waals surface area contributed by atoms with Crippen LogP contribution in [0.1, 0.15) is 37.3 Å². The minimum Gasteiger partial charge on any atom is -0.343 e. The van der Waals surface area contributed by atoms with Crippen molar-refractivity contribution in [2.75, 3.05) is 4.72 Å². The van der Waals surface area contributed by atoms with Crippen LogP contribution in [0.2, 0.25) is 0 Å². The number of H-pyrrole nitrogens is 1. The molecule has 1 aliphatic carbocycles. The summed E-state index contributed by atoms with van der Waals surface area (Å²) in [4.78, 5) is 12.3. The summed E-state index contributed by atoms with van der Waals surface area (Å²) in [5.41, 5.74) is 4.11. The molecular formula is C23H21FN4O2S. The summed E-state index contributed by atoms with van der Waals surface area (Å²) in [5.74, 6) is 0.0607. The molecule has 6 nitrogen and oxygen atoms in total. The molecule has 0 unspecified atom stereocenters. The Hall–Kier alpha value is -3.26. The Bertz CT molecular complexity index is 1330. The Balaban J connectivity index is 1.42. The van der Waals surface area contributed by atoms with Gasteiger partial charge in [-0.05, 0) is 61.2 Å². The van der Waals surface area contributed by atoms with E-state index in [1.54, 1.807) is 12.1 Å². The lowest BCUT2D eigenvalue weighted by atomic mass is 10.0. The second-order valence-electron chi connectivity index (χ2n) is 7.83. The molecule has 2 aromatic heterocycles. The number of halogens is 1. The van der Waals surface area contributed by atoms with Crippen LogP contribution in [0.25, 0.3) is 22.3 Å². The second kappa shape index (κ2) is 7.77. The molecule has 2 aromatic carbocycles. The van der Waals surface area contributed by atoms with Crippen LogP contribution in [0.3, 0.4) is 0 Å². The summed E-state index contributed by atoms with van der Waals surface area (Å²) in [6.45, 7) is 0. The van der Waals surface area contributed by atoms with E-state index < -0.39 is 15.8 Å². The lowest BCUT2D eigenvalue weighted by Crippen LogP contribution is -2.12. The Kier molecular flexibility index (Phi) is 4.94. The van der Waals surface area contributed by atoms with E-state index in [2.05, 4.69) is 25.7 Å². The molecule has 2 N–H and O–H groups in total. The highest BCUT2D eigenvalue weighted by molar-refractivity contribution is 7.92. The van der Waals surface area contributed by atoms with Crippen molar-refractivity contribution in [3.05, 3.63) is 72.4 Å². The van der Waals surface area contributed by atoms with E-state index in [1.807, 2.05) is 12.1 Å². The summed E-state index contributed by atoms with van der Waals surface area (Å²) < 4.78 is 40.6. The van der Waals surface area contributed by atoms with Gasteiger partial charge in [-0.2, -0.15) is 0 Å². The van der Waals surface area contributed by atoms with E-state index in [0.717, 1.165) is 34.4 Å². The minimum atomic E-state index is -3.80. The van der Waals surface area contributed by atoms with Crippen molar-refractivity contribution >= 4 is 26.7 Å². The lowest BCUT2D eigenvalue weighted by molar-refractivity contribution is 0.599. The van der Waals surface area contributed by atoms with Crippen molar-refractivity contribution in [2.24, 2.45) is 0 Å². The molecule has 1 saturated carbocycles. The van der Waals surface area contributed by atoms with Gasteiger partial charge in [-0.15, -0.1) is 0 Å². The highest BCUT2D eigenvalue weighted by Gasteiger charge is 2.20. The van der Waals surface area contributed by atoms with Gasteiger partial charge < -0.3 is 4.98 Å². The first kappa shape index (κ1) is 19.7. The molecule has 158 valence electrons. The van der Waals surface area contributed by atoms with Crippen LogP contribution in [-0.2, 0) is 10.0 Å². The molecule has 0 amide bonds. The van der Waals surface area contributed by atoms with Gasteiger partial charge in [0.15, 0.2) is 0 Å². The van der Waals surface area contributed by atoms with E-state index in [4.69, 9.17) is 0 Å². The molecule has 2 heterocycles. The van der Waals surface area contributed by atoms with Gasteiger partial charge in [0, 0.05) is 22.3 Å². The topological polar surface area (TPSA) is 87.7 Å². The van der Waals surface area contributed by atoms with Crippen molar-refractivity contribution in [3.8, 4) is 11.3 Å². The number of aromatic nitrogens is 3. The quantitative estimate of drug-likeness (QED) is 0.449. The summed E-state index contributed by atoms with van der Waals surface area (Å²) in [7, 11) is -3.80. The predicted octanol–water partition coefficient (Wildman–Crippen LogP) is 5.22. The largest absolute Gasteiger partial charge is 0.343 e. The number of benzene rings is 2. The van der Waals surface area contributed by atoms with Gasteiger partial charge in [-0.1, -0.05) is 25.0 Å². The summed E-state index contributed by atoms with van der Waals surface area (Å²) >= 11 is 0. The van der Waals surface area contributed by atoms with Gasteiger partial charge >= 0.3 is 0 Å². The van der Waals surface area contributed by atoms with Crippen molar-refractivity contribution in [1.82, 2.24) is 15.0 Å². The molecule has 1 fully saturated rings. The molecular weight excluding hydrogens is 415 g/mol. The Labute approximate surface area is 179 Å². The number of nitrogens with one attached hydrogen (secondary N) is 2. The van der Waals surface area contributed by atoms with E-state index in [1.165, 1.54) is 49.8 Å². The molecule has 31 heavy (non-hydrogen) atoms. The Morgan fingerprint density at radius 2 is 1.68 bits per heavy atom. The Morgan fingerprint density at radius 3 is 2.39 bits per heavy atom. The van der Waals surface area contributed by atoms with Crippen molar-refractivity contribution < 1.29 is 12.8 Å². The lowest BCUT2D eigenvalue weighted by Gasteiger charge is -2.09. The first-order valence-corrected chi connectivity index (χ1v) is 11.7. The predicted molar refractivity (Wildman–Crippen MR) is 118 cm³/mol. The van der Waals surface area contributed by atoms with Crippen molar-refractivity contribution in [2.45, 2.75) is 36.5 Å². The number of sulfonamides is 1. The van der Waals surface area contributed by atoms with Crippen LogP contribution in [0.15, 0.2) is 65.8 Å². The number of aromatic amines is 1. The number of hydrogen-bond donors (Lipinski definition) is 2. The van der Waals surface area contributed by atoms with Crippen LogP contribution < -0.4 is 4.72 Å². The van der Waals surface area contributed by atoms with Gasteiger partial charge in [0.1, 0.15) is 17.8 Å². The number of hydrogen-bond acceptors (Lipinski definition) is 4. The standard InChI is InChI=1S/C23H21FN4O2S/c24-17-7-11-19(12-8-17)31(29,30)28-18-9-5-16(6-10-18)22-20-13-21(15-3-1-2-4-15)27-23(20)26-14-25-22/h5-15,28H,1-4H2,(H,25,26,27). The van der Waals surface area contributed by atoms with E-state index >= 15 is 0 Å². The maximum Gasteiger partial charge on any atom is 0.261 e. The van der Waals surface area contributed by atoms with E-state index in [-0.39, 0.29) is 4.90 Å². The van der Waals surface area contributed by atoms with Crippen molar-refractivity contribution in [1.29, 1.82) is 0 Å². The van der Waals surface area contributed by atoms with Gasteiger partial charge in [-0.3, -0.25) is 4.72 Å². The van der Waals surface area contributed by atoms with Crippen LogP contribution in [0.5, 0.6) is 0 Å². The van der Waals surface area contributed by atoms with Gasteiger partial charge in [0.05, 0.1) is 10.6 Å². The zero-order valence-corrected chi connectivity index (χ0v) is 17.5. The van der Waals surface area contributed by atoms with E-state index in [0.29, 0.717) is 11.6 Å². The minimum absolute atomic E-state index is 0.00208. The fraction of sp³-hybridized carbons (Fsp3) is 0.217. The summed E-state index contributed by atoms with van der Waals surface area (Å²) in [6.07, 6.45) is 6.44. The van der Waals surface area contributed by atoms with Gasteiger partial charge in [-0.25, -0.2) is 22.8 Å². The van der Waals surface area contributed by atoms with Gasteiger partial charge in [0.2, 0.25) is 0 Å². The molecule has 0 bridgehead atoms. The third-order valence-electron chi connectivity index (χ3n) is 5.78. The van der Waals surface area contributed by atoms with Crippen molar-refractivity contribution in [3.63, 3.8) is 0 Å². The first-order valence-electron chi connectivity index (χ1n) is 10.2.